The van der Waals surface area contributed by atoms with Crippen LogP contribution in [0.3, 0.4) is 0 Å². The molecule has 0 fully saturated rings. The molecular weight excluding hydrogens is 283 g/mol. The summed E-state index contributed by atoms with van der Waals surface area (Å²) in [6.07, 6.45) is -3.74. The van der Waals surface area contributed by atoms with Crippen molar-refractivity contribution in [3.8, 4) is 11.8 Å². The van der Waals surface area contributed by atoms with Gasteiger partial charge in [-0.1, -0.05) is 39.0 Å². The Bertz CT molecular complexity index is 605. The predicted octanol–water partition coefficient (Wildman–Crippen LogP) is 4.11. The van der Waals surface area contributed by atoms with Gasteiger partial charge in [-0.25, -0.2) is 0 Å². The molecule has 1 rings (SSSR count). The molecule has 3 nitrogen and oxygen atoms in total. The molecule has 0 saturated carbocycles. The molecule has 0 spiro atoms. The molecule has 0 amide bonds. The Balaban J connectivity index is 3.25. The van der Waals surface area contributed by atoms with E-state index in [4.69, 9.17) is 5.26 Å². The molecule has 1 aromatic carbocycles. The van der Waals surface area contributed by atoms with Gasteiger partial charge < -0.3 is 4.74 Å². The molecule has 0 saturated heterocycles. The van der Waals surface area contributed by atoms with E-state index in [9.17, 15) is 18.0 Å². The maximum Gasteiger partial charge on any atom is 0.573 e. The quantitative estimate of drug-likeness (QED) is 0.623. The zero-order valence-electron chi connectivity index (χ0n) is 11.8. The summed E-state index contributed by atoms with van der Waals surface area (Å²) in [4.78, 5) is 12.0. The van der Waals surface area contributed by atoms with Crippen molar-refractivity contribution < 1.29 is 22.7 Å². The number of carbonyl (C=O) groups is 1. The van der Waals surface area contributed by atoms with E-state index in [1.165, 1.54) is 18.2 Å². The van der Waals surface area contributed by atoms with Gasteiger partial charge in [-0.3, -0.25) is 4.79 Å². The SMILES string of the molecule is CC(C)(C)C(=O)/C(C#N)=C/c1ccccc1OC(F)(F)F. The number of halogens is 3. The molecule has 1 aromatic rings. The zero-order valence-corrected chi connectivity index (χ0v) is 11.8. The first kappa shape index (κ1) is 16.8. The number of nitrogens with zero attached hydrogens (tertiary/aromatic N) is 1. The van der Waals surface area contributed by atoms with Crippen LogP contribution in [0.4, 0.5) is 13.2 Å². The molecule has 112 valence electrons. The third kappa shape index (κ3) is 4.95. The van der Waals surface area contributed by atoms with Crippen LogP contribution in [0.1, 0.15) is 26.3 Å². The van der Waals surface area contributed by atoms with E-state index in [0.717, 1.165) is 12.1 Å². The van der Waals surface area contributed by atoms with Crippen molar-refractivity contribution in [1.29, 1.82) is 5.26 Å². The van der Waals surface area contributed by atoms with Gasteiger partial charge >= 0.3 is 6.36 Å². The van der Waals surface area contributed by atoms with Crippen LogP contribution in [0.5, 0.6) is 5.75 Å². The number of ketones is 1. The van der Waals surface area contributed by atoms with Crippen molar-refractivity contribution >= 4 is 11.9 Å². The Morgan fingerprint density at radius 3 is 2.29 bits per heavy atom. The Morgan fingerprint density at radius 2 is 1.81 bits per heavy atom. The van der Waals surface area contributed by atoms with Gasteiger partial charge in [0.25, 0.3) is 0 Å². The van der Waals surface area contributed by atoms with Crippen LogP contribution in [0.2, 0.25) is 0 Å². The van der Waals surface area contributed by atoms with Crippen LogP contribution >= 0.6 is 0 Å². The van der Waals surface area contributed by atoms with E-state index in [2.05, 4.69) is 4.74 Å². The molecule has 0 heterocycles. The number of rotatable bonds is 3. The fourth-order valence-electron chi connectivity index (χ4n) is 1.53. The van der Waals surface area contributed by atoms with Crippen molar-refractivity contribution in [2.24, 2.45) is 5.41 Å². The van der Waals surface area contributed by atoms with Gasteiger partial charge in [0, 0.05) is 11.0 Å². The molecule has 0 aliphatic rings. The fraction of sp³-hybridized carbons (Fsp3) is 0.333. The van der Waals surface area contributed by atoms with E-state index >= 15 is 0 Å². The first-order valence-electron chi connectivity index (χ1n) is 6.06. The van der Waals surface area contributed by atoms with Gasteiger partial charge in [0.2, 0.25) is 0 Å². The third-order valence-electron chi connectivity index (χ3n) is 2.49. The number of allylic oxidation sites excluding steroid dienone is 1. The van der Waals surface area contributed by atoms with E-state index in [-0.39, 0.29) is 11.1 Å². The van der Waals surface area contributed by atoms with Gasteiger partial charge in [-0.2, -0.15) is 5.26 Å². The number of Topliss-reactive ketones (excluding diaryl/α,β-unsaturated/α-hetero) is 1. The van der Waals surface area contributed by atoms with Crippen LogP contribution in [0, 0.1) is 16.7 Å². The summed E-state index contributed by atoms with van der Waals surface area (Å²) in [6.45, 7) is 4.87. The second-order valence-electron chi connectivity index (χ2n) is 5.33. The van der Waals surface area contributed by atoms with E-state index < -0.39 is 23.3 Å². The highest BCUT2D eigenvalue weighted by molar-refractivity contribution is 6.06. The van der Waals surface area contributed by atoms with Crippen molar-refractivity contribution in [1.82, 2.24) is 0 Å². The van der Waals surface area contributed by atoms with E-state index in [1.54, 1.807) is 26.8 Å². The van der Waals surface area contributed by atoms with Gasteiger partial charge in [0.15, 0.2) is 5.78 Å². The zero-order chi connectivity index (χ0) is 16.3. The second kappa shape index (κ2) is 6.00. The lowest BCUT2D eigenvalue weighted by molar-refractivity contribution is -0.274. The van der Waals surface area contributed by atoms with Crippen LogP contribution in [-0.2, 0) is 4.79 Å². The number of para-hydroxylation sites is 1. The standard InChI is InChI=1S/C15H14F3NO2/c1-14(2,3)13(20)11(9-19)8-10-6-4-5-7-12(10)21-15(16,17)18/h4-8H,1-3H3/b11-8+. The first-order valence-corrected chi connectivity index (χ1v) is 6.06. The number of benzene rings is 1. The number of nitriles is 1. The summed E-state index contributed by atoms with van der Waals surface area (Å²) in [5.41, 5.74) is -1.01. The third-order valence-corrected chi connectivity index (χ3v) is 2.49. The molecule has 0 aromatic heterocycles. The highest BCUT2D eigenvalue weighted by atomic mass is 19.4. The van der Waals surface area contributed by atoms with Crippen molar-refractivity contribution in [2.75, 3.05) is 0 Å². The average Bonchev–Trinajstić information content (AvgIpc) is 2.34. The summed E-state index contributed by atoms with van der Waals surface area (Å²) in [6, 6.07) is 7.05. The van der Waals surface area contributed by atoms with Crippen LogP contribution in [0.15, 0.2) is 29.8 Å². The summed E-state index contributed by atoms with van der Waals surface area (Å²) >= 11 is 0. The average molecular weight is 297 g/mol. The number of alkyl halides is 3. The smallest absolute Gasteiger partial charge is 0.405 e. The molecular formula is C15H14F3NO2. The summed E-state index contributed by atoms with van der Waals surface area (Å²) < 4.78 is 40.8. The molecule has 21 heavy (non-hydrogen) atoms. The molecule has 0 unspecified atom stereocenters. The highest BCUT2D eigenvalue weighted by Gasteiger charge is 2.32. The van der Waals surface area contributed by atoms with Crippen molar-refractivity contribution in [3.63, 3.8) is 0 Å². The molecule has 0 N–H and O–H groups in total. The van der Waals surface area contributed by atoms with E-state index in [1.807, 2.05) is 0 Å². The van der Waals surface area contributed by atoms with Crippen LogP contribution in [-0.4, -0.2) is 12.1 Å². The molecule has 0 atom stereocenters. The van der Waals surface area contributed by atoms with Crippen molar-refractivity contribution in [3.05, 3.63) is 35.4 Å². The van der Waals surface area contributed by atoms with Crippen LogP contribution < -0.4 is 4.74 Å². The lowest BCUT2D eigenvalue weighted by atomic mass is 9.86. The molecule has 0 aliphatic carbocycles. The monoisotopic (exact) mass is 297 g/mol. The van der Waals surface area contributed by atoms with Crippen LogP contribution in [0.25, 0.3) is 6.08 Å². The van der Waals surface area contributed by atoms with Gasteiger partial charge in [-0.15, -0.1) is 13.2 Å². The predicted molar refractivity (Wildman–Crippen MR) is 71.2 cm³/mol. The topological polar surface area (TPSA) is 50.1 Å². The lowest BCUT2D eigenvalue weighted by Crippen LogP contribution is -2.21. The lowest BCUT2D eigenvalue weighted by Gasteiger charge is -2.16. The Hall–Kier alpha value is -2.29. The van der Waals surface area contributed by atoms with Gasteiger partial charge in [0.1, 0.15) is 11.8 Å². The minimum atomic E-state index is -4.84. The maximum absolute atomic E-state index is 12.3. The molecule has 0 aliphatic heterocycles. The maximum atomic E-state index is 12.3. The Kier molecular flexibility index (Phi) is 4.79. The summed E-state index contributed by atoms with van der Waals surface area (Å²) in [5.74, 6) is -0.911. The summed E-state index contributed by atoms with van der Waals surface area (Å²) in [7, 11) is 0. The largest absolute Gasteiger partial charge is 0.573 e. The summed E-state index contributed by atoms with van der Waals surface area (Å²) in [5, 5.41) is 9.04. The van der Waals surface area contributed by atoms with Gasteiger partial charge in [-0.05, 0) is 12.1 Å². The van der Waals surface area contributed by atoms with Crippen molar-refractivity contribution in [2.45, 2.75) is 27.1 Å². The van der Waals surface area contributed by atoms with Gasteiger partial charge in [0.05, 0.1) is 5.57 Å². The second-order valence-corrected chi connectivity index (χ2v) is 5.33. The normalized spacial score (nSPS) is 12.7. The Morgan fingerprint density at radius 1 is 1.24 bits per heavy atom. The fourth-order valence-corrected chi connectivity index (χ4v) is 1.53. The number of carbonyl (C=O) groups excluding carboxylic acids is 1. The number of hydrogen-bond acceptors (Lipinski definition) is 3. The molecule has 6 heteroatoms. The van der Waals surface area contributed by atoms with E-state index in [0.29, 0.717) is 0 Å². The Labute approximate surface area is 120 Å². The number of hydrogen-bond donors (Lipinski definition) is 0. The molecule has 0 radical (unpaired) electrons. The number of ether oxygens (including phenoxy) is 1. The highest BCUT2D eigenvalue weighted by Crippen LogP contribution is 2.29. The first-order chi connectivity index (χ1) is 9.54. The molecule has 0 bridgehead atoms. The minimum Gasteiger partial charge on any atom is -0.405 e. The minimum absolute atomic E-state index is 0.0176.